The monoisotopic (exact) mass is 136 g/mol. The van der Waals surface area contributed by atoms with Gasteiger partial charge in [0.05, 0.1) is 4.88 Å². The van der Waals surface area contributed by atoms with Gasteiger partial charge in [0.25, 0.3) is 0 Å². The number of hydrogen-bond donors (Lipinski definition) is 0. The molecule has 0 unspecified atom stereocenters. The standard InChI is InChI=1S/C7H6NS/c1-2-4-7-6(3-1)5-8-9-7/h2,4H,1,3H2. The van der Waals surface area contributed by atoms with E-state index in [0.29, 0.717) is 0 Å². The second kappa shape index (κ2) is 1.95. The summed E-state index contributed by atoms with van der Waals surface area (Å²) >= 11 is 1.53. The quantitative estimate of drug-likeness (QED) is 0.531. The number of rotatable bonds is 0. The fourth-order valence-electron chi connectivity index (χ4n) is 0.965. The van der Waals surface area contributed by atoms with Crippen LogP contribution in [-0.2, 0) is 6.42 Å². The van der Waals surface area contributed by atoms with Crippen LogP contribution in [0, 0.1) is 6.20 Å². The summed E-state index contributed by atoms with van der Waals surface area (Å²) in [6.45, 7) is 0. The van der Waals surface area contributed by atoms with Crippen LogP contribution in [0.15, 0.2) is 6.08 Å². The highest BCUT2D eigenvalue weighted by Gasteiger charge is 2.05. The van der Waals surface area contributed by atoms with Gasteiger partial charge in [0.1, 0.15) is 6.20 Å². The molecule has 1 nitrogen and oxygen atoms in total. The van der Waals surface area contributed by atoms with Gasteiger partial charge in [-0.2, -0.15) is 4.37 Å². The molecule has 0 saturated carbocycles. The normalized spacial score (nSPS) is 15.6. The highest BCUT2D eigenvalue weighted by Crippen LogP contribution is 2.20. The van der Waals surface area contributed by atoms with Crippen molar-refractivity contribution in [2.45, 2.75) is 12.8 Å². The van der Waals surface area contributed by atoms with Crippen LogP contribution >= 0.6 is 11.5 Å². The van der Waals surface area contributed by atoms with E-state index in [0.717, 1.165) is 12.8 Å². The Bertz CT molecular complexity index is 237. The minimum absolute atomic E-state index is 1.13. The van der Waals surface area contributed by atoms with Crippen molar-refractivity contribution in [3.63, 3.8) is 0 Å². The molecular formula is C7H6NS. The summed E-state index contributed by atoms with van der Waals surface area (Å²) in [6.07, 6.45) is 9.58. The fraction of sp³-hybridized carbons (Fsp3) is 0.286. The molecule has 0 amide bonds. The average Bonchev–Trinajstić information content (AvgIpc) is 2.33. The van der Waals surface area contributed by atoms with Gasteiger partial charge in [0.15, 0.2) is 0 Å². The number of aromatic nitrogens is 1. The van der Waals surface area contributed by atoms with E-state index in [1.54, 1.807) is 0 Å². The topological polar surface area (TPSA) is 12.9 Å². The first-order valence-electron chi connectivity index (χ1n) is 2.99. The largest absolute Gasteiger partial charge is 0.190 e. The summed E-state index contributed by atoms with van der Waals surface area (Å²) in [5.41, 5.74) is 1.29. The van der Waals surface area contributed by atoms with Crippen molar-refractivity contribution in [3.05, 3.63) is 22.7 Å². The SMILES string of the molecule is [c]1nsc2c1CCC=C2. The van der Waals surface area contributed by atoms with E-state index >= 15 is 0 Å². The van der Waals surface area contributed by atoms with Crippen LogP contribution in [0.5, 0.6) is 0 Å². The number of allylic oxidation sites excluding steroid dienone is 1. The van der Waals surface area contributed by atoms with Crippen molar-refractivity contribution in [1.82, 2.24) is 4.37 Å². The van der Waals surface area contributed by atoms with Crippen molar-refractivity contribution >= 4 is 17.6 Å². The minimum Gasteiger partial charge on any atom is -0.190 e. The zero-order chi connectivity index (χ0) is 6.10. The van der Waals surface area contributed by atoms with E-state index in [2.05, 4.69) is 22.7 Å². The second-order valence-corrected chi connectivity index (χ2v) is 2.88. The van der Waals surface area contributed by atoms with Crippen LogP contribution in [0.1, 0.15) is 16.9 Å². The summed E-state index contributed by atoms with van der Waals surface area (Å²) in [5, 5.41) is 0. The molecule has 0 aromatic carbocycles. The Hall–Kier alpha value is -0.630. The molecule has 0 atom stereocenters. The number of nitrogens with zero attached hydrogens (tertiary/aromatic N) is 1. The molecule has 1 radical (unpaired) electrons. The van der Waals surface area contributed by atoms with E-state index in [-0.39, 0.29) is 0 Å². The Balaban J connectivity index is 2.53. The predicted molar refractivity (Wildman–Crippen MR) is 38.3 cm³/mol. The Morgan fingerprint density at radius 1 is 1.67 bits per heavy atom. The van der Waals surface area contributed by atoms with Gasteiger partial charge in [-0.05, 0) is 30.5 Å². The second-order valence-electron chi connectivity index (χ2n) is 2.08. The van der Waals surface area contributed by atoms with Gasteiger partial charge in [0, 0.05) is 5.56 Å². The van der Waals surface area contributed by atoms with Crippen LogP contribution in [-0.4, -0.2) is 4.37 Å². The summed E-state index contributed by atoms with van der Waals surface area (Å²) in [7, 11) is 0. The molecule has 45 valence electrons. The molecule has 0 bridgehead atoms. The van der Waals surface area contributed by atoms with Gasteiger partial charge in [0.2, 0.25) is 0 Å². The van der Waals surface area contributed by atoms with E-state index < -0.39 is 0 Å². The Morgan fingerprint density at radius 2 is 2.67 bits per heavy atom. The molecule has 9 heavy (non-hydrogen) atoms. The smallest absolute Gasteiger partial charge is 0.108 e. The Labute approximate surface area is 58.2 Å². The molecule has 0 saturated heterocycles. The van der Waals surface area contributed by atoms with Gasteiger partial charge in [-0.25, -0.2) is 0 Å². The van der Waals surface area contributed by atoms with Crippen molar-refractivity contribution in [2.24, 2.45) is 0 Å². The number of hydrogen-bond acceptors (Lipinski definition) is 2. The lowest BCUT2D eigenvalue weighted by molar-refractivity contribution is 0.989. The molecule has 2 rings (SSSR count). The van der Waals surface area contributed by atoms with Crippen molar-refractivity contribution in [3.8, 4) is 0 Å². The molecule has 1 aromatic rings. The zero-order valence-corrected chi connectivity index (χ0v) is 5.74. The van der Waals surface area contributed by atoms with Gasteiger partial charge in [-0.3, -0.25) is 0 Å². The molecule has 1 aromatic heterocycles. The van der Waals surface area contributed by atoms with Crippen LogP contribution < -0.4 is 0 Å². The Kier molecular flexibility index (Phi) is 1.12. The van der Waals surface area contributed by atoms with Gasteiger partial charge < -0.3 is 0 Å². The fourth-order valence-corrected chi connectivity index (χ4v) is 1.63. The molecule has 0 fully saturated rings. The maximum absolute atomic E-state index is 3.97. The first-order chi connectivity index (χ1) is 4.47. The predicted octanol–water partition coefficient (Wildman–Crippen LogP) is 1.90. The third kappa shape index (κ3) is 0.793. The van der Waals surface area contributed by atoms with E-state index in [1.165, 1.54) is 22.0 Å². The third-order valence-electron chi connectivity index (χ3n) is 1.45. The van der Waals surface area contributed by atoms with Gasteiger partial charge in [-0.1, -0.05) is 6.08 Å². The molecule has 1 heterocycles. The molecule has 1 aliphatic carbocycles. The number of aryl methyl sites for hydroxylation is 1. The maximum atomic E-state index is 3.97. The summed E-state index contributed by atoms with van der Waals surface area (Å²) in [6, 6.07) is 0. The minimum atomic E-state index is 1.13. The highest BCUT2D eigenvalue weighted by molar-refractivity contribution is 7.06. The maximum Gasteiger partial charge on any atom is 0.108 e. The molecule has 2 heteroatoms. The van der Waals surface area contributed by atoms with Crippen molar-refractivity contribution in [2.75, 3.05) is 0 Å². The third-order valence-corrected chi connectivity index (χ3v) is 2.21. The summed E-state index contributed by atoms with van der Waals surface area (Å²) in [5.74, 6) is 0. The molecule has 0 spiro atoms. The lowest BCUT2D eigenvalue weighted by Crippen LogP contribution is -1.86. The van der Waals surface area contributed by atoms with Crippen molar-refractivity contribution in [1.29, 1.82) is 0 Å². The lowest BCUT2D eigenvalue weighted by atomic mass is 10.1. The highest BCUT2D eigenvalue weighted by atomic mass is 32.1. The van der Waals surface area contributed by atoms with Gasteiger partial charge in [-0.15, -0.1) is 0 Å². The first kappa shape index (κ1) is 5.18. The van der Waals surface area contributed by atoms with E-state index in [1.807, 2.05) is 0 Å². The number of fused-ring (bicyclic) bond motifs is 1. The summed E-state index contributed by atoms with van der Waals surface area (Å²) in [4.78, 5) is 1.29. The van der Waals surface area contributed by atoms with Crippen LogP contribution in [0.2, 0.25) is 0 Å². The Morgan fingerprint density at radius 3 is 3.56 bits per heavy atom. The van der Waals surface area contributed by atoms with E-state index in [9.17, 15) is 0 Å². The van der Waals surface area contributed by atoms with Crippen LogP contribution in [0.4, 0.5) is 0 Å². The molecular weight excluding hydrogens is 130 g/mol. The molecule has 0 aliphatic heterocycles. The first-order valence-corrected chi connectivity index (χ1v) is 3.77. The zero-order valence-electron chi connectivity index (χ0n) is 4.92. The summed E-state index contributed by atoms with van der Waals surface area (Å²) < 4.78 is 3.97. The van der Waals surface area contributed by atoms with Crippen LogP contribution in [0.3, 0.4) is 0 Å². The van der Waals surface area contributed by atoms with Crippen molar-refractivity contribution < 1.29 is 0 Å². The van der Waals surface area contributed by atoms with Crippen LogP contribution in [0.25, 0.3) is 6.08 Å². The van der Waals surface area contributed by atoms with E-state index in [4.69, 9.17) is 0 Å². The lowest BCUT2D eigenvalue weighted by Gasteiger charge is -1.99. The average molecular weight is 136 g/mol. The molecule has 0 N–H and O–H groups in total. The van der Waals surface area contributed by atoms with Gasteiger partial charge >= 0.3 is 0 Å². The molecule has 1 aliphatic rings.